The molecular weight excluding hydrogens is 198 g/mol. The first-order valence-corrected chi connectivity index (χ1v) is 6.12. The third kappa shape index (κ3) is 3.69. The highest BCUT2D eigenvalue weighted by molar-refractivity contribution is 5.71. The minimum Gasteiger partial charge on any atom is -0.329 e. The minimum atomic E-state index is 0.667. The van der Waals surface area contributed by atoms with Gasteiger partial charge in [-0.2, -0.15) is 0 Å². The van der Waals surface area contributed by atoms with Gasteiger partial charge in [0.15, 0.2) is 0 Å². The van der Waals surface area contributed by atoms with Crippen LogP contribution in [0.3, 0.4) is 0 Å². The van der Waals surface area contributed by atoms with Crippen molar-refractivity contribution in [2.75, 3.05) is 5.32 Å². The zero-order valence-corrected chi connectivity index (χ0v) is 10.2. The van der Waals surface area contributed by atoms with E-state index in [0.717, 1.165) is 5.69 Å². The molecule has 0 aliphatic heterocycles. The van der Waals surface area contributed by atoms with Crippen LogP contribution in [-0.4, -0.2) is 6.41 Å². The SMILES string of the molecule is CCCC(CCC)c1ccc(NC=O)cc1. The Balaban J connectivity index is 2.72. The van der Waals surface area contributed by atoms with Crippen LogP contribution in [-0.2, 0) is 4.79 Å². The lowest BCUT2D eigenvalue weighted by Gasteiger charge is -2.16. The monoisotopic (exact) mass is 219 g/mol. The van der Waals surface area contributed by atoms with E-state index in [0.29, 0.717) is 12.3 Å². The predicted octanol–water partition coefficient (Wildman–Crippen LogP) is 3.94. The third-order valence-corrected chi connectivity index (χ3v) is 2.88. The van der Waals surface area contributed by atoms with Gasteiger partial charge in [0, 0.05) is 5.69 Å². The molecule has 1 N–H and O–H groups in total. The first kappa shape index (κ1) is 12.8. The number of carbonyl (C=O) groups excluding carboxylic acids is 1. The van der Waals surface area contributed by atoms with Crippen LogP contribution >= 0.6 is 0 Å². The van der Waals surface area contributed by atoms with Gasteiger partial charge in [-0.25, -0.2) is 0 Å². The van der Waals surface area contributed by atoms with Crippen molar-refractivity contribution in [3.63, 3.8) is 0 Å². The highest BCUT2D eigenvalue weighted by atomic mass is 16.1. The molecule has 0 aromatic heterocycles. The Labute approximate surface area is 98.1 Å². The molecule has 0 radical (unpaired) electrons. The van der Waals surface area contributed by atoms with E-state index in [1.807, 2.05) is 12.1 Å². The van der Waals surface area contributed by atoms with Gasteiger partial charge in [0.2, 0.25) is 6.41 Å². The Hall–Kier alpha value is -1.31. The summed E-state index contributed by atoms with van der Waals surface area (Å²) in [5.74, 6) is 0.667. The molecule has 0 saturated heterocycles. The molecule has 1 aromatic carbocycles. The van der Waals surface area contributed by atoms with Gasteiger partial charge in [0.1, 0.15) is 0 Å². The Bertz CT molecular complexity index is 299. The van der Waals surface area contributed by atoms with Gasteiger partial charge >= 0.3 is 0 Å². The summed E-state index contributed by atoms with van der Waals surface area (Å²) in [7, 11) is 0. The van der Waals surface area contributed by atoms with Crippen molar-refractivity contribution in [2.45, 2.75) is 45.4 Å². The standard InChI is InChI=1S/C14H21NO/c1-3-5-12(6-4-2)13-7-9-14(10-8-13)15-11-16/h7-12H,3-6H2,1-2H3,(H,15,16). The fourth-order valence-electron chi connectivity index (χ4n) is 2.09. The number of amides is 1. The molecule has 1 aromatic rings. The molecule has 0 fully saturated rings. The summed E-state index contributed by atoms with van der Waals surface area (Å²) in [4.78, 5) is 10.3. The topological polar surface area (TPSA) is 29.1 Å². The summed E-state index contributed by atoms with van der Waals surface area (Å²) in [6.07, 6.45) is 5.64. The van der Waals surface area contributed by atoms with Crippen LogP contribution in [0.1, 0.15) is 51.0 Å². The molecule has 0 bridgehead atoms. The van der Waals surface area contributed by atoms with Crippen LogP contribution in [0.4, 0.5) is 5.69 Å². The summed E-state index contributed by atoms with van der Waals surface area (Å²) >= 11 is 0. The van der Waals surface area contributed by atoms with Gasteiger partial charge in [-0.3, -0.25) is 4.79 Å². The van der Waals surface area contributed by atoms with Crippen molar-refractivity contribution in [1.29, 1.82) is 0 Å². The van der Waals surface area contributed by atoms with Crippen molar-refractivity contribution in [3.05, 3.63) is 29.8 Å². The zero-order valence-electron chi connectivity index (χ0n) is 10.2. The van der Waals surface area contributed by atoms with Crippen LogP contribution in [0.5, 0.6) is 0 Å². The van der Waals surface area contributed by atoms with Gasteiger partial charge in [-0.15, -0.1) is 0 Å². The molecular formula is C14H21NO. The first-order valence-electron chi connectivity index (χ1n) is 6.12. The summed E-state index contributed by atoms with van der Waals surface area (Å²) in [6.45, 7) is 4.45. The Kier molecular flexibility index (Phi) is 5.62. The molecule has 16 heavy (non-hydrogen) atoms. The van der Waals surface area contributed by atoms with Crippen LogP contribution in [0.15, 0.2) is 24.3 Å². The smallest absolute Gasteiger partial charge is 0.211 e. The molecule has 0 aliphatic carbocycles. The zero-order chi connectivity index (χ0) is 11.8. The lowest BCUT2D eigenvalue weighted by Crippen LogP contribution is -1.99. The summed E-state index contributed by atoms with van der Waals surface area (Å²) in [6, 6.07) is 8.20. The van der Waals surface area contributed by atoms with E-state index in [1.54, 1.807) is 0 Å². The molecule has 1 amide bonds. The number of nitrogens with one attached hydrogen (secondary N) is 1. The fourth-order valence-corrected chi connectivity index (χ4v) is 2.09. The van der Waals surface area contributed by atoms with E-state index in [1.165, 1.54) is 31.2 Å². The Morgan fingerprint density at radius 3 is 2.12 bits per heavy atom. The predicted molar refractivity (Wildman–Crippen MR) is 68.7 cm³/mol. The lowest BCUT2D eigenvalue weighted by atomic mass is 9.90. The molecule has 2 heteroatoms. The minimum absolute atomic E-state index is 0.667. The maximum absolute atomic E-state index is 10.3. The maximum Gasteiger partial charge on any atom is 0.211 e. The average molecular weight is 219 g/mol. The van der Waals surface area contributed by atoms with Crippen LogP contribution < -0.4 is 5.32 Å². The van der Waals surface area contributed by atoms with E-state index < -0.39 is 0 Å². The van der Waals surface area contributed by atoms with Gasteiger partial charge < -0.3 is 5.32 Å². The maximum atomic E-state index is 10.3. The average Bonchev–Trinajstić information content (AvgIpc) is 2.30. The lowest BCUT2D eigenvalue weighted by molar-refractivity contribution is -0.105. The van der Waals surface area contributed by atoms with Crippen LogP contribution in [0, 0.1) is 0 Å². The quantitative estimate of drug-likeness (QED) is 0.691. The van der Waals surface area contributed by atoms with Crippen LogP contribution in [0.2, 0.25) is 0 Å². The summed E-state index contributed by atoms with van der Waals surface area (Å²) < 4.78 is 0. The highest BCUT2D eigenvalue weighted by Gasteiger charge is 2.09. The van der Waals surface area contributed by atoms with Crippen molar-refractivity contribution in [1.82, 2.24) is 0 Å². The van der Waals surface area contributed by atoms with Gasteiger partial charge in [0.25, 0.3) is 0 Å². The van der Waals surface area contributed by atoms with E-state index in [9.17, 15) is 4.79 Å². The van der Waals surface area contributed by atoms with Gasteiger partial charge in [-0.1, -0.05) is 38.8 Å². The van der Waals surface area contributed by atoms with E-state index >= 15 is 0 Å². The van der Waals surface area contributed by atoms with Crippen molar-refractivity contribution >= 4 is 12.1 Å². The fraction of sp³-hybridized carbons (Fsp3) is 0.500. The van der Waals surface area contributed by atoms with Crippen molar-refractivity contribution in [3.8, 4) is 0 Å². The number of benzene rings is 1. The van der Waals surface area contributed by atoms with E-state index in [2.05, 4.69) is 31.3 Å². The number of rotatable bonds is 7. The normalized spacial score (nSPS) is 10.4. The second-order valence-electron chi connectivity index (χ2n) is 4.16. The number of hydrogen-bond donors (Lipinski definition) is 1. The molecule has 0 atom stereocenters. The number of hydrogen-bond acceptors (Lipinski definition) is 1. The Morgan fingerprint density at radius 1 is 1.12 bits per heavy atom. The highest BCUT2D eigenvalue weighted by Crippen LogP contribution is 2.27. The molecule has 88 valence electrons. The second kappa shape index (κ2) is 7.04. The largest absolute Gasteiger partial charge is 0.329 e. The van der Waals surface area contributed by atoms with E-state index in [4.69, 9.17) is 0 Å². The molecule has 0 spiro atoms. The summed E-state index contributed by atoms with van der Waals surface area (Å²) in [5.41, 5.74) is 2.26. The second-order valence-corrected chi connectivity index (χ2v) is 4.16. The summed E-state index contributed by atoms with van der Waals surface area (Å²) in [5, 5.41) is 2.66. The van der Waals surface area contributed by atoms with Gasteiger partial charge in [-0.05, 0) is 36.5 Å². The Morgan fingerprint density at radius 2 is 1.69 bits per heavy atom. The first-order chi connectivity index (χ1) is 7.81. The molecule has 0 heterocycles. The van der Waals surface area contributed by atoms with Crippen molar-refractivity contribution in [2.24, 2.45) is 0 Å². The van der Waals surface area contributed by atoms with E-state index in [-0.39, 0.29) is 0 Å². The molecule has 0 saturated carbocycles. The molecule has 1 rings (SSSR count). The molecule has 0 aliphatic rings. The molecule has 0 unspecified atom stereocenters. The van der Waals surface area contributed by atoms with Gasteiger partial charge in [0.05, 0.1) is 0 Å². The van der Waals surface area contributed by atoms with Crippen LogP contribution in [0.25, 0.3) is 0 Å². The van der Waals surface area contributed by atoms with Crippen molar-refractivity contribution < 1.29 is 4.79 Å². The number of anilines is 1. The molecule has 2 nitrogen and oxygen atoms in total. The third-order valence-electron chi connectivity index (χ3n) is 2.88. The number of carbonyl (C=O) groups is 1.